The van der Waals surface area contributed by atoms with E-state index in [1.807, 2.05) is 23.9 Å². The Bertz CT molecular complexity index is 960. The molecule has 2 aromatic carbocycles. The van der Waals surface area contributed by atoms with E-state index >= 15 is 0 Å². The van der Waals surface area contributed by atoms with Crippen LogP contribution in [0.4, 0.5) is 0 Å². The van der Waals surface area contributed by atoms with E-state index in [4.69, 9.17) is 9.47 Å². The van der Waals surface area contributed by atoms with Gasteiger partial charge in [0.2, 0.25) is 6.79 Å². The molecule has 0 saturated carbocycles. The zero-order valence-electron chi connectivity index (χ0n) is 18.6. The molecule has 0 spiro atoms. The minimum Gasteiger partial charge on any atom is -0.454 e. The summed E-state index contributed by atoms with van der Waals surface area (Å²) in [5.74, 6) is 3.93. The summed E-state index contributed by atoms with van der Waals surface area (Å²) < 4.78 is 10.9. The van der Waals surface area contributed by atoms with E-state index in [9.17, 15) is 4.79 Å². The molecule has 1 aliphatic heterocycles. The highest BCUT2D eigenvalue weighted by Gasteiger charge is 2.24. The second-order valence-electron chi connectivity index (χ2n) is 9.28. The van der Waals surface area contributed by atoms with Crippen molar-refractivity contribution in [3.63, 3.8) is 0 Å². The lowest BCUT2D eigenvalue weighted by atomic mass is 9.85. The van der Waals surface area contributed by atoms with Gasteiger partial charge in [-0.15, -0.1) is 0 Å². The second kappa shape index (κ2) is 9.39. The van der Waals surface area contributed by atoms with Crippen LogP contribution in [-0.4, -0.2) is 24.9 Å². The van der Waals surface area contributed by atoms with Crippen molar-refractivity contribution in [2.24, 2.45) is 0 Å². The van der Waals surface area contributed by atoms with Crippen LogP contribution in [0.1, 0.15) is 56.2 Å². The molecule has 1 N–H and O–H groups in total. The average Bonchev–Trinajstić information content (AvgIpc) is 3.21. The third-order valence-electron chi connectivity index (χ3n) is 5.80. The summed E-state index contributed by atoms with van der Waals surface area (Å²) in [5, 5.41) is 3.48. The van der Waals surface area contributed by atoms with Gasteiger partial charge in [0.15, 0.2) is 17.3 Å². The summed E-state index contributed by atoms with van der Waals surface area (Å²) in [4.78, 5) is 12.3. The topological polar surface area (TPSA) is 47.6 Å². The fourth-order valence-corrected chi connectivity index (χ4v) is 4.81. The summed E-state index contributed by atoms with van der Waals surface area (Å²) >= 11 is 1.91. The Morgan fingerprint density at radius 3 is 2.58 bits per heavy atom. The molecule has 0 amide bonds. The maximum absolute atomic E-state index is 12.3. The van der Waals surface area contributed by atoms with Crippen LogP contribution in [0.2, 0.25) is 0 Å². The first-order chi connectivity index (χ1) is 14.9. The lowest BCUT2D eigenvalue weighted by Gasteiger charge is -2.23. The van der Waals surface area contributed by atoms with Gasteiger partial charge >= 0.3 is 0 Å². The van der Waals surface area contributed by atoms with Crippen LogP contribution >= 0.6 is 11.8 Å². The molecule has 164 valence electrons. The lowest BCUT2D eigenvalue weighted by Crippen LogP contribution is -2.23. The SMILES string of the molecule is CC(C)(C)c1ccc(CSCCNC2=CC(=O)CC(c3ccc4c(c3)OCO4)C2)cc1. The Balaban J connectivity index is 1.24. The molecule has 0 bridgehead atoms. The summed E-state index contributed by atoms with van der Waals surface area (Å²) in [7, 11) is 0. The van der Waals surface area contributed by atoms with Gasteiger partial charge in [0.1, 0.15) is 0 Å². The van der Waals surface area contributed by atoms with Crippen LogP contribution in [0, 0.1) is 0 Å². The highest BCUT2D eigenvalue weighted by Crippen LogP contribution is 2.38. The van der Waals surface area contributed by atoms with E-state index in [1.165, 1.54) is 11.1 Å². The molecule has 5 heteroatoms. The Morgan fingerprint density at radius 2 is 1.81 bits per heavy atom. The minimum atomic E-state index is 0.183. The number of carbonyl (C=O) groups excluding carboxylic acids is 1. The van der Waals surface area contributed by atoms with Crippen LogP contribution in [0.5, 0.6) is 11.5 Å². The first-order valence-electron chi connectivity index (χ1n) is 10.9. The Morgan fingerprint density at radius 1 is 1.03 bits per heavy atom. The quantitative estimate of drug-likeness (QED) is 0.574. The standard InChI is InChI=1S/C26H31NO3S/c1-26(2,3)21-7-4-18(5-8-21)16-31-11-10-27-22-12-20(13-23(28)15-22)19-6-9-24-25(14-19)30-17-29-24/h4-9,14-15,20,27H,10-13,16-17H2,1-3H3. The first-order valence-corrected chi connectivity index (χ1v) is 12.1. The molecule has 0 radical (unpaired) electrons. The van der Waals surface area contributed by atoms with E-state index in [1.54, 1.807) is 6.08 Å². The molecule has 31 heavy (non-hydrogen) atoms. The number of ketones is 1. The predicted octanol–water partition coefficient (Wildman–Crippen LogP) is 5.57. The molecule has 0 aromatic heterocycles. The highest BCUT2D eigenvalue weighted by atomic mass is 32.2. The number of ether oxygens (including phenoxy) is 2. The van der Waals surface area contributed by atoms with E-state index < -0.39 is 0 Å². The number of benzene rings is 2. The van der Waals surface area contributed by atoms with E-state index in [0.29, 0.717) is 6.42 Å². The van der Waals surface area contributed by atoms with Crippen molar-refractivity contribution >= 4 is 17.5 Å². The zero-order valence-corrected chi connectivity index (χ0v) is 19.4. The molecule has 1 unspecified atom stereocenters. The van der Waals surface area contributed by atoms with Crippen molar-refractivity contribution in [2.45, 2.75) is 50.7 Å². The highest BCUT2D eigenvalue weighted by molar-refractivity contribution is 7.98. The smallest absolute Gasteiger partial charge is 0.231 e. The normalized spacial score (nSPS) is 18.1. The van der Waals surface area contributed by atoms with Gasteiger partial charge in [-0.25, -0.2) is 0 Å². The maximum atomic E-state index is 12.3. The van der Waals surface area contributed by atoms with Gasteiger partial charge in [0, 0.05) is 36.2 Å². The number of rotatable bonds is 7. The molecular weight excluding hydrogens is 406 g/mol. The minimum absolute atomic E-state index is 0.183. The average molecular weight is 438 g/mol. The fourth-order valence-electron chi connectivity index (χ4n) is 3.99. The zero-order chi connectivity index (χ0) is 21.8. The van der Waals surface area contributed by atoms with E-state index in [-0.39, 0.29) is 23.9 Å². The first kappa shape index (κ1) is 21.8. The van der Waals surface area contributed by atoms with Crippen molar-refractivity contribution in [2.75, 3.05) is 19.1 Å². The third kappa shape index (κ3) is 5.65. The number of allylic oxidation sites excluding steroid dienone is 2. The van der Waals surface area contributed by atoms with Gasteiger partial charge in [-0.3, -0.25) is 4.79 Å². The van der Waals surface area contributed by atoms with Gasteiger partial charge < -0.3 is 14.8 Å². The van der Waals surface area contributed by atoms with Crippen molar-refractivity contribution in [1.29, 1.82) is 0 Å². The largest absolute Gasteiger partial charge is 0.454 e. The van der Waals surface area contributed by atoms with Crippen molar-refractivity contribution in [3.05, 3.63) is 70.9 Å². The van der Waals surface area contributed by atoms with Crippen molar-refractivity contribution < 1.29 is 14.3 Å². The van der Waals surface area contributed by atoms with E-state index in [2.05, 4.69) is 56.4 Å². The van der Waals surface area contributed by atoms with Crippen molar-refractivity contribution in [3.8, 4) is 11.5 Å². The molecule has 4 nitrogen and oxygen atoms in total. The second-order valence-corrected chi connectivity index (χ2v) is 10.4. The molecule has 1 aliphatic carbocycles. The summed E-state index contributed by atoms with van der Waals surface area (Å²) in [6.45, 7) is 7.85. The van der Waals surface area contributed by atoms with Gasteiger partial charge in [0.05, 0.1) is 0 Å². The predicted molar refractivity (Wildman–Crippen MR) is 127 cm³/mol. The molecule has 4 rings (SSSR count). The number of fused-ring (bicyclic) bond motifs is 1. The number of nitrogens with one attached hydrogen (secondary N) is 1. The molecule has 2 aromatic rings. The number of hydrogen-bond acceptors (Lipinski definition) is 5. The van der Waals surface area contributed by atoms with Gasteiger partial charge in [-0.1, -0.05) is 51.1 Å². The molecule has 2 aliphatic rings. The monoisotopic (exact) mass is 437 g/mol. The fraction of sp³-hybridized carbons (Fsp3) is 0.423. The lowest BCUT2D eigenvalue weighted by molar-refractivity contribution is -0.115. The summed E-state index contributed by atoms with van der Waals surface area (Å²) in [6.07, 6.45) is 3.17. The number of hydrogen-bond donors (Lipinski definition) is 1. The summed E-state index contributed by atoms with van der Waals surface area (Å²) in [5.41, 5.74) is 5.09. The van der Waals surface area contributed by atoms with Crippen LogP contribution < -0.4 is 14.8 Å². The third-order valence-corrected chi connectivity index (χ3v) is 6.83. The molecule has 1 atom stereocenters. The van der Waals surface area contributed by atoms with Crippen LogP contribution in [0.25, 0.3) is 0 Å². The van der Waals surface area contributed by atoms with Gasteiger partial charge in [0.25, 0.3) is 0 Å². The molecule has 0 fully saturated rings. The number of carbonyl (C=O) groups is 1. The van der Waals surface area contributed by atoms with Crippen LogP contribution in [0.15, 0.2) is 54.2 Å². The summed E-state index contributed by atoms with van der Waals surface area (Å²) in [6, 6.07) is 15.0. The van der Waals surface area contributed by atoms with Gasteiger partial charge in [-0.2, -0.15) is 11.8 Å². The van der Waals surface area contributed by atoms with Crippen LogP contribution in [-0.2, 0) is 16.0 Å². The van der Waals surface area contributed by atoms with E-state index in [0.717, 1.165) is 47.2 Å². The Labute approximate surface area is 189 Å². The molecule has 1 heterocycles. The molecular formula is C26H31NO3S. The Hall–Kier alpha value is -2.40. The van der Waals surface area contributed by atoms with Crippen LogP contribution in [0.3, 0.4) is 0 Å². The van der Waals surface area contributed by atoms with Gasteiger partial charge in [-0.05, 0) is 46.6 Å². The maximum Gasteiger partial charge on any atom is 0.231 e. The Kier molecular flexibility index (Phi) is 6.61. The number of thioether (sulfide) groups is 1. The van der Waals surface area contributed by atoms with Crippen molar-refractivity contribution in [1.82, 2.24) is 5.32 Å². The molecule has 0 saturated heterocycles.